The first-order valence-electron chi connectivity index (χ1n) is 14.5. The summed E-state index contributed by atoms with van der Waals surface area (Å²) in [6.07, 6.45) is 0. The maximum absolute atomic E-state index is 2.44. The highest BCUT2D eigenvalue weighted by Crippen LogP contribution is 2.40. The van der Waals surface area contributed by atoms with Crippen molar-refractivity contribution >= 4 is 54.4 Å². The van der Waals surface area contributed by atoms with Crippen molar-refractivity contribution in [3.63, 3.8) is 0 Å². The van der Waals surface area contributed by atoms with E-state index in [1.54, 1.807) is 0 Å². The van der Waals surface area contributed by atoms with E-state index in [1.807, 2.05) is 0 Å². The third-order valence-corrected chi connectivity index (χ3v) is 8.69. The Labute approximate surface area is 243 Å². The van der Waals surface area contributed by atoms with Crippen LogP contribution in [0, 0.1) is 0 Å². The maximum atomic E-state index is 2.44. The predicted molar refractivity (Wildman–Crippen MR) is 178 cm³/mol. The van der Waals surface area contributed by atoms with Crippen LogP contribution in [0.15, 0.2) is 158 Å². The number of nitrogens with zero attached hydrogens (tertiary/aromatic N) is 2. The van der Waals surface area contributed by atoms with Crippen LogP contribution in [0.4, 0.5) is 0 Å². The Balaban J connectivity index is 1.37. The molecule has 0 amide bonds. The molecule has 7 aromatic carbocycles. The van der Waals surface area contributed by atoms with E-state index in [4.69, 9.17) is 0 Å². The molecule has 0 atom stereocenters. The Morgan fingerprint density at radius 2 is 0.857 bits per heavy atom. The molecule has 0 spiro atoms. The fourth-order valence-electron chi connectivity index (χ4n) is 6.85. The zero-order valence-electron chi connectivity index (χ0n) is 22.9. The summed E-state index contributed by atoms with van der Waals surface area (Å²) >= 11 is 0. The first-order valence-corrected chi connectivity index (χ1v) is 14.5. The van der Waals surface area contributed by atoms with Gasteiger partial charge in [-0.2, -0.15) is 0 Å². The van der Waals surface area contributed by atoms with Crippen molar-refractivity contribution < 1.29 is 0 Å². The molecule has 0 fully saturated rings. The highest BCUT2D eigenvalue weighted by molar-refractivity contribution is 6.19. The van der Waals surface area contributed by atoms with Gasteiger partial charge in [0.05, 0.1) is 22.1 Å². The van der Waals surface area contributed by atoms with E-state index in [0.29, 0.717) is 0 Å². The normalized spacial score (nSPS) is 11.8. The lowest BCUT2D eigenvalue weighted by atomic mass is 9.98. The molecule has 0 unspecified atom stereocenters. The SMILES string of the molecule is c1ccc(-n2c3ccccc3c3cc4c5ccccc5n(-c5cccc(-c6cccc7ccccc67)c5)c4cc32)cc1. The third-order valence-electron chi connectivity index (χ3n) is 8.69. The van der Waals surface area contributed by atoms with Crippen LogP contribution < -0.4 is 0 Å². The lowest BCUT2D eigenvalue weighted by molar-refractivity contribution is 1.16. The lowest BCUT2D eigenvalue weighted by Gasteiger charge is -2.12. The Hall–Kier alpha value is -5.60. The van der Waals surface area contributed by atoms with Crippen LogP contribution in [0.2, 0.25) is 0 Å². The minimum absolute atomic E-state index is 1.16. The van der Waals surface area contributed by atoms with Crippen LogP contribution in [0.5, 0.6) is 0 Å². The monoisotopic (exact) mass is 534 g/mol. The molecule has 2 heteroatoms. The van der Waals surface area contributed by atoms with Crippen LogP contribution in [0.3, 0.4) is 0 Å². The van der Waals surface area contributed by atoms with Gasteiger partial charge in [0.15, 0.2) is 0 Å². The zero-order valence-corrected chi connectivity index (χ0v) is 22.9. The van der Waals surface area contributed by atoms with Gasteiger partial charge in [-0.3, -0.25) is 0 Å². The lowest BCUT2D eigenvalue weighted by Crippen LogP contribution is -1.96. The highest BCUT2D eigenvalue weighted by Gasteiger charge is 2.18. The summed E-state index contributed by atoms with van der Waals surface area (Å²) in [4.78, 5) is 0. The van der Waals surface area contributed by atoms with E-state index in [9.17, 15) is 0 Å². The Bertz CT molecular complexity index is 2450. The molecule has 42 heavy (non-hydrogen) atoms. The van der Waals surface area contributed by atoms with Gasteiger partial charge in [-0.1, -0.05) is 109 Å². The zero-order chi connectivity index (χ0) is 27.6. The van der Waals surface area contributed by atoms with E-state index in [1.165, 1.54) is 71.2 Å². The summed E-state index contributed by atoms with van der Waals surface area (Å²) in [6, 6.07) is 57.2. The van der Waals surface area contributed by atoms with Crippen LogP contribution in [0.1, 0.15) is 0 Å². The second-order valence-corrected chi connectivity index (χ2v) is 11.0. The second-order valence-electron chi connectivity index (χ2n) is 11.0. The molecule has 9 aromatic rings. The number of fused-ring (bicyclic) bond motifs is 7. The maximum Gasteiger partial charge on any atom is 0.0562 e. The summed E-state index contributed by atoms with van der Waals surface area (Å²) in [6.45, 7) is 0. The van der Waals surface area contributed by atoms with Gasteiger partial charge in [0.1, 0.15) is 0 Å². The number of hydrogen-bond donors (Lipinski definition) is 0. The molecule has 2 nitrogen and oxygen atoms in total. The van der Waals surface area contributed by atoms with Crippen LogP contribution in [0.25, 0.3) is 76.9 Å². The van der Waals surface area contributed by atoms with Crippen LogP contribution in [-0.2, 0) is 0 Å². The fourth-order valence-corrected chi connectivity index (χ4v) is 6.85. The van der Waals surface area contributed by atoms with E-state index >= 15 is 0 Å². The molecular formula is C40H26N2. The molecular weight excluding hydrogens is 508 g/mol. The van der Waals surface area contributed by atoms with Crippen LogP contribution in [-0.4, -0.2) is 9.13 Å². The third kappa shape index (κ3) is 3.33. The number of para-hydroxylation sites is 3. The topological polar surface area (TPSA) is 9.86 Å². The van der Waals surface area contributed by atoms with Crippen molar-refractivity contribution in [3.8, 4) is 22.5 Å². The van der Waals surface area contributed by atoms with Crippen molar-refractivity contribution in [1.82, 2.24) is 9.13 Å². The second kappa shape index (κ2) is 8.95. The molecule has 0 aliphatic rings. The first-order chi connectivity index (χ1) is 20.8. The Kier molecular flexibility index (Phi) is 4.93. The molecule has 2 heterocycles. The summed E-state index contributed by atoms with van der Waals surface area (Å²) in [5.41, 5.74) is 9.66. The van der Waals surface area contributed by atoms with Crippen LogP contribution >= 0.6 is 0 Å². The number of aromatic nitrogens is 2. The molecule has 9 rings (SSSR count). The largest absolute Gasteiger partial charge is 0.309 e. The standard InChI is InChI=1S/C40H26N2/c1-2-15-29(16-3-1)41-37-22-8-6-19-33(37)35-25-36-34-20-7-9-23-38(34)42(40(36)26-39(35)41)30-17-10-14-28(24-30)32-21-11-13-27-12-4-5-18-31(27)32/h1-26H. The van der Waals surface area contributed by atoms with Gasteiger partial charge in [0.2, 0.25) is 0 Å². The van der Waals surface area contributed by atoms with Gasteiger partial charge in [-0.15, -0.1) is 0 Å². The van der Waals surface area contributed by atoms with Crippen molar-refractivity contribution in [2.45, 2.75) is 0 Å². The van der Waals surface area contributed by atoms with Gasteiger partial charge < -0.3 is 9.13 Å². The van der Waals surface area contributed by atoms with Gasteiger partial charge in [0, 0.05) is 32.9 Å². The molecule has 196 valence electrons. The molecule has 0 aliphatic heterocycles. The van der Waals surface area contributed by atoms with Crippen molar-refractivity contribution in [2.24, 2.45) is 0 Å². The molecule has 0 saturated carbocycles. The Morgan fingerprint density at radius 3 is 1.60 bits per heavy atom. The number of rotatable bonds is 3. The highest BCUT2D eigenvalue weighted by atomic mass is 15.0. The van der Waals surface area contributed by atoms with Crippen molar-refractivity contribution in [2.75, 3.05) is 0 Å². The molecule has 2 aromatic heterocycles. The quantitative estimate of drug-likeness (QED) is 0.213. The average Bonchev–Trinajstić information content (AvgIpc) is 3.56. The molecule has 0 radical (unpaired) electrons. The summed E-state index contributed by atoms with van der Waals surface area (Å²) in [5.74, 6) is 0. The number of benzene rings is 7. The minimum Gasteiger partial charge on any atom is -0.309 e. The van der Waals surface area contributed by atoms with Gasteiger partial charge in [-0.05, 0) is 70.4 Å². The van der Waals surface area contributed by atoms with E-state index in [2.05, 4.69) is 167 Å². The van der Waals surface area contributed by atoms with Gasteiger partial charge in [0.25, 0.3) is 0 Å². The average molecular weight is 535 g/mol. The number of hydrogen-bond acceptors (Lipinski definition) is 0. The summed E-state index contributed by atoms with van der Waals surface area (Å²) < 4.78 is 4.84. The summed E-state index contributed by atoms with van der Waals surface area (Å²) in [7, 11) is 0. The summed E-state index contributed by atoms with van der Waals surface area (Å²) in [5, 5.41) is 7.61. The van der Waals surface area contributed by atoms with E-state index < -0.39 is 0 Å². The van der Waals surface area contributed by atoms with E-state index in [0.717, 1.165) is 5.69 Å². The Morgan fingerprint density at radius 1 is 0.310 bits per heavy atom. The van der Waals surface area contributed by atoms with Gasteiger partial charge in [-0.25, -0.2) is 0 Å². The molecule has 0 saturated heterocycles. The molecule has 0 N–H and O–H groups in total. The first kappa shape index (κ1) is 23.1. The molecule has 0 aliphatic carbocycles. The van der Waals surface area contributed by atoms with Gasteiger partial charge >= 0.3 is 0 Å². The van der Waals surface area contributed by atoms with E-state index in [-0.39, 0.29) is 0 Å². The minimum atomic E-state index is 1.16. The predicted octanol–water partition coefficient (Wildman–Crippen LogP) is 10.7. The smallest absolute Gasteiger partial charge is 0.0562 e. The van der Waals surface area contributed by atoms with Crippen molar-refractivity contribution in [1.29, 1.82) is 0 Å². The fraction of sp³-hybridized carbons (Fsp3) is 0. The van der Waals surface area contributed by atoms with Crippen molar-refractivity contribution in [3.05, 3.63) is 158 Å². The molecule has 0 bridgehead atoms.